The fourth-order valence-electron chi connectivity index (χ4n) is 1.94. The summed E-state index contributed by atoms with van der Waals surface area (Å²) < 4.78 is 0. The maximum absolute atomic E-state index is 11.9. The van der Waals surface area contributed by atoms with Crippen molar-refractivity contribution in [1.82, 2.24) is 0 Å². The zero-order chi connectivity index (χ0) is 14.4. The normalized spacial score (nSPS) is 10.1. The molecule has 3 nitrogen and oxygen atoms in total. The van der Waals surface area contributed by atoms with Gasteiger partial charge in [0.25, 0.3) is 0 Å². The summed E-state index contributed by atoms with van der Waals surface area (Å²) in [5.74, 6) is 0. The maximum Gasteiger partial charge on any atom is 0.323 e. The molecule has 2 aromatic carbocycles. The fraction of sp³-hybridized carbons (Fsp3) is 0.235. The van der Waals surface area contributed by atoms with Crippen molar-refractivity contribution in [3.8, 4) is 0 Å². The topological polar surface area (TPSA) is 41.1 Å². The molecule has 0 spiro atoms. The van der Waals surface area contributed by atoms with Crippen LogP contribution in [0.3, 0.4) is 0 Å². The number of aryl methyl sites for hydroxylation is 2. The van der Waals surface area contributed by atoms with E-state index in [2.05, 4.69) is 24.5 Å². The third-order valence-corrected chi connectivity index (χ3v) is 3.24. The van der Waals surface area contributed by atoms with Gasteiger partial charge in [-0.2, -0.15) is 0 Å². The Labute approximate surface area is 120 Å². The Bertz CT molecular complexity index is 507. The SMILES string of the molecule is CCc1ccc(NC(=O)Nc2ccc(CC)cc2)cc1. The summed E-state index contributed by atoms with van der Waals surface area (Å²) in [7, 11) is 0. The van der Waals surface area contributed by atoms with E-state index in [0.717, 1.165) is 24.2 Å². The van der Waals surface area contributed by atoms with Crippen LogP contribution in [0, 0.1) is 0 Å². The zero-order valence-electron chi connectivity index (χ0n) is 11.9. The second-order valence-corrected chi connectivity index (χ2v) is 4.68. The first-order valence-corrected chi connectivity index (χ1v) is 6.97. The number of urea groups is 1. The molecule has 0 atom stereocenters. The Balaban J connectivity index is 1.93. The van der Waals surface area contributed by atoms with E-state index in [4.69, 9.17) is 0 Å². The van der Waals surface area contributed by atoms with E-state index in [0.29, 0.717) is 0 Å². The summed E-state index contributed by atoms with van der Waals surface area (Å²) in [5.41, 5.74) is 4.10. The number of amides is 2. The van der Waals surface area contributed by atoms with Gasteiger partial charge in [-0.1, -0.05) is 38.1 Å². The molecule has 2 N–H and O–H groups in total. The molecule has 0 unspecified atom stereocenters. The van der Waals surface area contributed by atoms with E-state index in [9.17, 15) is 4.79 Å². The average molecular weight is 268 g/mol. The Morgan fingerprint density at radius 2 is 1.10 bits per heavy atom. The molecule has 0 fully saturated rings. The fourth-order valence-corrected chi connectivity index (χ4v) is 1.94. The molecule has 20 heavy (non-hydrogen) atoms. The van der Waals surface area contributed by atoms with Crippen LogP contribution in [0.25, 0.3) is 0 Å². The quantitative estimate of drug-likeness (QED) is 0.844. The minimum atomic E-state index is -0.224. The molecule has 0 saturated heterocycles. The Morgan fingerprint density at radius 3 is 1.40 bits per heavy atom. The Kier molecular flexibility index (Phi) is 4.77. The predicted molar refractivity (Wildman–Crippen MR) is 84.3 cm³/mol. The van der Waals surface area contributed by atoms with Gasteiger partial charge in [-0.25, -0.2) is 4.79 Å². The molecule has 2 amide bonds. The van der Waals surface area contributed by atoms with Gasteiger partial charge in [-0.3, -0.25) is 0 Å². The molecule has 0 aliphatic rings. The lowest BCUT2D eigenvalue weighted by Crippen LogP contribution is -2.19. The van der Waals surface area contributed by atoms with Gasteiger partial charge in [0.05, 0.1) is 0 Å². The van der Waals surface area contributed by atoms with E-state index in [1.165, 1.54) is 11.1 Å². The molecule has 0 aromatic heterocycles. The number of hydrogen-bond acceptors (Lipinski definition) is 1. The van der Waals surface area contributed by atoms with Gasteiger partial charge in [-0.05, 0) is 48.2 Å². The summed E-state index contributed by atoms with van der Waals surface area (Å²) in [6.45, 7) is 4.21. The predicted octanol–water partition coefficient (Wildman–Crippen LogP) is 4.46. The summed E-state index contributed by atoms with van der Waals surface area (Å²) in [6.07, 6.45) is 1.99. The largest absolute Gasteiger partial charge is 0.323 e. The van der Waals surface area contributed by atoms with Crippen LogP contribution in [0.4, 0.5) is 16.2 Å². The molecule has 0 saturated carbocycles. The molecular formula is C17H20N2O. The summed E-state index contributed by atoms with van der Waals surface area (Å²) in [5, 5.41) is 5.64. The van der Waals surface area contributed by atoms with Crippen molar-refractivity contribution in [2.24, 2.45) is 0 Å². The highest BCUT2D eigenvalue weighted by molar-refractivity contribution is 5.99. The van der Waals surface area contributed by atoms with Crippen molar-refractivity contribution < 1.29 is 4.79 Å². The highest BCUT2D eigenvalue weighted by atomic mass is 16.2. The van der Waals surface area contributed by atoms with Crippen LogP contribution in [0.1, 0.15) is 25.0 Å². The van der Waals surface area contributed by atoms with Gasteiger partial charge in [0, 0.05) is 11.4 Å². The second-order valence-electron chi connectivity index (χ2n) is 4.68. The molecule has 2 aromatic rings. The monoisotopic (exact) mass is 268 g/mol. The smallest absolute Gasteiger partial charge is 0.308 e. The minimum absolute atomic E-state index is 0.224. The molecule has 104 valence electrons. The van der Waals surface area contributed by atoms with E-state index < -0.39 is 0 Å². The first kappa shape index (κ1) is 14.1. The van der Waals surface area contributed by atoms with E-state index >= 15 is 0 Å². The summed E-state index contributed by atoms with van der Waals surface area (Å²) in [4.78, 5) is 11.9. The lowest BCUT2D eigenvalue weighted by atomic mass is 10.1. The molecular weight excluding hydrogens is 248 g/mol. The number of carbonyl (C=O) groups excluding carboxylic acids is 1. The molecule has 0 bridgehead atoms. The van der Waals surface area contributed by atoms with Crippen LogP contribution in [-0.2, 0) is 12.8 Å². The van der Waals surface area contributed by atoms with Gasteiger partial charge in [0.15, 0.2) is 0 Å². The summed E-state index contributed by atoms with van der Waals surface area (Å²) >= 11 is 0. The molecule has 2 rings (SSSR count). The Morgan fingerprint density at radius 1 is 0.750 bits per heavy atom. The van der Waals surface area contributed by atoms with Crippen molar-refractivity contribution in [2.45, 2.75) is 26.7 Å². The van der Waals surface area contributed by atoms with Gasteiger partial charge < -0.3 is 10.6 Å². The van der Waals surface area contributed by atoms with E-state index in [-0.39, 0.29) is 6.03 Å². The van der Waals surface area contributed by atoms with Crippen molar-refractivity contribution >= 4 is 17.4 Å². The average Bonchev–Trinajstić information content (AvgIpc) is 2.49. The van der Waals surface area contributed by atoms with Gasteiger partial charge in [-0.15, -0.1) is 0 Å². The van der Waals surface area contributed by atoms with E-state index in [1.54, 1.807) is 0 Å². The molecule has 0 heterocycles. The van der Waals surface area contributed by atoms with Crippen LogP contribution in [-0.4, -0.2) is 6.03 Å². The van der Waals surface area contributed by atoms with Gasteiger partial charge >= 0.3 is 6.03 Å². The first-order chi connectivity index (χ1) is 9.71. The third-order valence-electron chi connectivity index (χ3n) is 3.24. The van der Waals surface area contributed by atoms with Crippen LogP contribution in [0.5, 0.6) is 0 Å². The highest BCUT2D eigenvalue weighted by Gasteiger charge is 2.02. The van der Waals surface area contributed by atoms with Crippen LogP contribution >= 0.6 is 0 Å². The second kappa shape index (κ2) is 6.75. The molecule has 0 radical (unpaired) electrons. The zero-order valence-corrected chi connectivity index (χ0v) is 11.9. The van der Waals surface area contributed by atoms with Crippen LogP contribution < -0.4 is 10.6 Å². The van der Waals surface area contributed by atoms with Crippen LogP contribution in [0.15, 0.2) is 48.5 Å². The third kappa shape index (κ3) is 3.85. The lowest BCUT2D eigenvalue weighted by molar-refractivity contribution is 0.262. The summed E-state index contributed by atoms with van der Waals surface area (Å²) in [6, 6.07) is 15.5. The molecule has 0 aliphatic carbocycles. The number of benzene rings is 2. The number of rotatable bonds is 4. The van der Waals surface area contributed by atoms with Crippen molar-refractivity contribution in [3.05, 3.63) is 59.7 Å². The van der Waals surface area contributed by atoms with E-state index in [1.807, 2.05) is 48.5 Å². The Hall–Kier alpha value is -2.29. The van der Waals surface area contributed by atoms with Crippen LogP contribution in [0.2, 0.25) is 0 Å². The van der Waals surface area contributed by atoms with Crippen molar-refractivity contribution in [1.29, 1.82) is 0 Å². The van der Waals surface area contributed by atoms with Crippen molar-refractivity contribution in [3.63, 3.8) is 0 Å². The minimum Gasteiger partial charge on any atom is -0.308 e. The number of anilines is 2. The number of hydrogen-bond donors (Lipinski definition) is 2. The highest BCUT2D eigenvalue weighted by Crippen LogP contribution is 2.12. The standard InChI is InChI=1S/C17H20N2O/c1-3-13-5-9-15(10-6-13)18-17(20)19-16-11-7-14(4-2)8-12-16/h5-12H,3-4H2,1-2H3,(H2,18,19,20). The molecule has 0 aliphatic heterocycles. The number of carbonyl (C=O) groups is 1. The maximum atomic E-state index is 11.9. The number of nitrogens with one attached hydrogen (secondary N) is 2. The first-order valence-electron chi connectivity index (χ1n) is 6.97. The van der Waals surface area contributed by atoms with Gasteiger partial charge in [0.1, 0.15) is 0 Å². The van der Waals surface area contributed by atoms with Crippen molar-refractivity contribution in [2.75, 3.05) is 10.6 Å². The molecule has 3 heteroatoms. The van der Waals surface area contributed by atoms with Gasteiger partial charge in [0.2, 0.25) is 0 Å². The lowest BCUT2D eigenvalue weighted by Gasteiger charge is -2.08.